The summed E-state index contributed by atoms with van der Waals surface area (Å²) in [6, 6.07) is 8.31. The number of hydrogen-bond acceptors (Lipinski definition) is 5. The molecule has 0 aliphatic carbocycles. The van der Waals surface area contributed by atoms with Gasteiger partial charge in [-0.15, -0.1) is 0 Å². The molecule has 0 radical (unpaired) electrons. The molecule has 0 bridgehead atoms. The van der Waals surface area contributed by atoms with Gasteiger partial charge in [-0.3, -0.25) is 0 Å². The van der Waals surface area contributed by atoms with Crippen LogP contribution in [0.4, 0.5) is 0 Å². The molecule has 0 spiro atoms. The summed E-state index contributed by atoms with van der Waals surface area (Å²) in [5.74, 6) is -0.666. The molecule has 0 amide bonds. The molecule has 0 N–H and O–H groups in total. The number of allylic oxidation sites excluding steroid dienone is 1. The Morgan fingerprint density at radius 2 is 1.91 bits per heavy atom. The second kappa shape index (κ2) is 6.97. The van der Waals surface area contributed by atoms with Gasteiger partial charge in [0, 0.05) is 0 Å². The van der Waals surface area contributed by atoms with Crippen molar-refractivity contribution in [3.63, 3.8) is 0 Å². The fraction of sp³-hybridized carbons (Fsp3) is 0.0667. The van der Waals surface area contributed by atoms with Gasteiger partial charge in [-0.2, -0.15) is 15.6 Å². The largest absolute Gasteiger partial charge is 0.465 e. The Balaban J connectivity index is 2.79. The van der Waals surface area contributed by atoms with E-state index in [1.54, 1.807) is 30.3 Å². The standard InChI is InChI=1S/C15H8Cl2N4O2/c1-23-15(22)10-8-20-21(13(10)5-9(6-18)7-19)14-11(16)3-2-4-12(14)17/h2-5,8H,1H3. The van der Waals surface area contributed by atoms with E-state index in [1.807, 2.05) is 0 Å². The molecule has 114 valence electrons. The molecule has 0 unspecified atom stereocenters. The lowest BCUT2D eigenvalue weighted by Crippen LogP contribution is -2.06. The molecule has 2 aromatic rings. The highest BCUT2D eigenvalue weighted by Gasteiger charge is 2.21. The highest BCUT2D eigenvalue weighted by Crippen LogP contribution is 2.30. The summed E-state index contributed by atoms with van der Waals surface area (Å²) in [4.78, 5) is 11.9. The first-order valence-corrected chi connectivity index (χ1v) is 6.91. The first-order valence-electron chi connectivity index (χ1n) is 6.16. The normalized spacial score (nSPS) is 9.61. The number of benzene rings is 1. The summed E-state index contributed by atoms with van der Waals surface area (Å²) in [7, 11) is 1.21. The van der Waals surface area contributed by atoms with Crippen molar-refractivity contribution < 1.29 is 9.53 Å². The average Bonchev–Trinajstić information content (AvgIpc) is 2.95. The predicted octanol–water partition coefficient (Wildman–Crippen LogP) is 3.40. The van der Waals surface area contributed by atoms with Crippen molar-refractivity contribution in [3.8, 4) is 17.8 Å². The number of nitriles is 2. The molecule has 0 aliphatic rings. The van der Waals surface area contributed by atoms with Crippen LogP contribution >= 0.6 is 23.2 Å². The van der Waals surface area contributed by atoms with Crippen molar-refractivity contribution in [1.82, 2.24) is 9.78 Å². The lowest BCUT2D eigenvalue weighted by atomic mass is 10.1. The zero-order valence-electron chi connectivity index (χ0n) is 11.7. The highest BCUT2D eigenvalue weighted by molar-refractivity contribution is 6.37. The maximum Gasteiger partial charge on any atom is 0.341 e. The van der Waals surface area contributed by atoms with Gasteiger partial charge >= 0.3 is 5.97 Å². The van der Waals surface area contributed by atoms with Gasteiger partial charge < -0.3 is 4.74 Å². The Kier molecular flexibility index (Phi) is 5.02. The van der Waals surface area contributed by atoms with E-state index in [4.69, 9.17) is 33.7 Å². The summed E-state index contributed by atoms with van der Waals surface area (Å²) in [5.41, 5.74) is 0.365. The molecule has 1 heterocycles. The lowest BCUT2D eigenvalue weighted by Gasteiger charge is -2.09. The van der Waals surface area contributed by atoms with Crippen molar-refractivity contribution >= 4 is 35.2 Å². The smallest absolute Gasteiger partial charge is 0.341 e. The van der Waals surface area contributed by atoms with Crippen LogP contribution in [0.1, 0.15) is 16.1 Å². The second-order valence-corrected chi connectivity index (χ2v) is 5.01. The zero-order valence-corrected chi connectivity index (χ0v) is 13.3. The Hall–Kier alpha value is -2.80. The number of nitrogens with zero attached hydrogens (tertiary/aromatic N) is 4. The molecule has 0 aliphatic heterocycles. The number of aromatic nitrogens is 2. The van der Waals surface area contributed by atoms with E-state index in [0.717, 1.165) is 0 Å². The third kappa shape index (κ3) is 3.19. The lowest BCUT2D eigenvalue weighted by molar-refractivity contribution is 0.0600. The minimum Gasteiger partial charge on any atom is -0.465 e. The number of carbonyl (C=O) groups is 1. The van der Waals surface area contributed by atoms with Crippen molar-refractivity contribution in [2.75, 3.05) is 7.11 Å². The van der Waals surface area contributed by atoms with Crippen LogP contribution in [-0.2, 0) is 4.74 Å². The topological polar surface area (TPSA) is 91.7 Å². The molecule has 0 atom stereocenters. The summed E-state index contributed by atoms with van der Waals surface area (Å²) in [5, 5.41) is 22.6. The van der Waals surface area contributed by atoms with Crippen LogP contribution in [0.25, 0.3) is 11.8 Å². The maximum atomic E-state index is 11.9. The number of hydrogen-bond donors (Lipinski definition) is 0. The van der Waals surface area contributed by atoms with Gasteiger partial charge in [-0.05, 0) is 18.2 Å². The SMILES string of the molecule is COC(=O)c1cnn(-c2c(Cl)cccc2Cl)c1C=C(C#N)C#N. The van der Waals surface area contributed by atoms with E-state index in [9.17, 15) is 4.79 Å². The first-order chi connectivity index (χ1) is 11.0. The van der Waals surface area contributed by atoms with E-state index >= 15 is 0 Å². The van der Waals surface area contributed by atoms with Crippen LogP contribution < -0.4 is 0 Å². The summed E-state index contributed by atoms with van der Waals surface area (Å²) in [6.45, 7) is 0. The van der Waals surface area contributed by atoms with Gasteiger partial charge in [0.15, 0.2) is 0 Å². The number of methoxy groups -OCH3 is 1. The van der Waals surface area contributed by atoms with E-state index in [1.165, 1.54) is 24.1 Å². The van der Waals surface area contributed by atoms with Crippen molar-refractivity contribution in [2.24, 2.45) is 0 Å². The van der Waals surface area contributed by atoms with Crippen LogP contribution in [0.3, 0.4) is 0 Å². The fourth-order valence-electron chi connectivity index (χ4n) is 1.86. The molecular weight excluding hydrogens is 339 g/mol. The van der Waals surface area contributed by atoms with Gasteiger partial charge in [-0.1, -0.05) is 29.3 Å². The number of para-hydroxylation sites is 1. The van der Waals surface area contributed by atoms with Crippen molar-refractivity contribution in [2.45, 2.75) is 0 Å². The summed E-state index contributed by atoms with van der Waals surface area (Å²) >= 11 is 12.3. The predicted molar refractivity (Wildman–Crippen MR) is 84.1 cm³/mol. The number of ether oxygens (including phenoxy) is 1. The van der Waals surface area contributed by atoms with Gasteiger partial charge in [0.1, 0.15) is 29.0 Å². The highest BCUT2D eigenvalue weighted by atomic mass is 35.5. The van der Waals surface area contributed by atoms with Gasteiger partial charge in [-0.25, -0.2) is 9.48 Å². The number of rotatable bonds is 3. The molecule has 1 aromatic heterocycles. The van der Waals surface area contributed by atoms with Crippen LogP contribution in [0.2, 0.25) is 10.0 Å². The third-order valence-electron chi connectivity index (χ3n) is 2.88. The van der Waals surface area contributed by atoms with Gasteiger partial charge in [0.2, 0.25) is 0 Å². The second-order valence-electron chi connectivity index (χ2n) is 4.20. The summed E-state index contributed by atoms with van der Waals surface area (Å²) in [6.07, 6.45) is 2.47. The molecular formula is C15H8Cl2N4O2. The van der Waals surface area contributed by atoms with Gasteiger partial charge in [0.05, 0.1) is 29.0 Å². The molecule has 0 fully saturated rings. The molecule has 1 aromatic carbocycles. The molecule has 23 heavy (non-hydrogen) atoms. The van der Waals surface area contributed by atoms with E-state index < -0.39 is 5.97 Å². The fourth-order valence-corrected chi connectivity index (χ4v) is 2.42. The monoisotopic (exact) mass is 346 g/mol. The van der Waals surface area contributed by atoms with E-state index in [2.05, 4.69) is 9.84 Å². The minimum absolute atomic E-state index is 0.0755. The van der Waals surface area contributed by atoms with Crippen molar-refractivity contribution in [1.29, 1.82) is 10.5 Å². The number of carbonyl (C=O) groups excluding carboxylic acids is 1. The number of halogens is 2. The van der Waals surface area contributed by atoms with Crippen LogP contribution in [0.5, 0.6) is 0 Å². The quantitative estimate of drug-likeness (QED) is 0.627. The Bertz CT molecular complexity index is 852. The third-order valence-corrected chi connectivity index (χ3v) is 3.49. The van der Waals surface area contributed by atoms with E-state index in [0.29, 0.717) is 15.7 Å². The number of esters is 1. The first kappa shape index (κ1) is 16.6. The molecule has 0 saturated carbocycles. The van der Waals surface area contributed by atoms with Crippen LogP contribution in [-0.4, -0.2) is 22.9 Å². The van der Waals surface area contributed by atoms with Crippen molar-refractivity contribution in [3.05, 3.63) is 51.3 Å². The van der Waals surface area contributed by atoms with Crippen LogP contribution in [0, 0.1) is 22.7 Å². The van der Waals surface area contributed by atoms with Gasteiger partial charge in [0.25, 0.3) is 0 Å². The molecule has 2 rings (SSSR count). The van der Waals surface area contributed by atoms with E-state index in [-0.39, 0.29) is 16.8 Å². The summed E-state index contributed by atoms with van der Waals surface area (Å²) < 4.78 is 5.97. The molecule has 8 heteroatoms. The average molecular weight is 347 g/mol. The maximum absolute atomic E-state index is 11.9. The Morgan fingerprint density at radius 1 is 1.30 bits per heavy atom. The molecule has 6 nitrogen and oxygen atoms in total. The zero-order chi connectivity index (χ0) is 17.0. The Labute approximate surface area is 141 Å². The Morgan fingerprint density at radius 3 is 2.43 bits per heavy atom. The van der Waals surface area contributed by atoms with Crippen LogP contribution in [0.15, 0.2) is 30.0 Å². The minimum atomic E-state index is -0.666. The molecule has 0 saturated heterocycles.